The summed E-state index contributed by atoms with van der Waals surface area (Å²) in [5, 5.41) is 4.01. The number of fused-ring (bicyclic) bond motifs is 1. The molecule has 28 heavy (non-hydrogen) atoms. The zero-order chi connectivity index (χ0) is 19.8. The number of aromatic nitrogens is 1. The van der Waals surface area contributed by atoms with Crippen LogP contribution in [0.15, 0.2) is 34.9 Å². The first-order valence-electron chi connectivity index (χ1n) is 9.57. The minimum atomic E-state index is -0.347. The van der Waals surface area contributed by atoms with E-state index in [1.165, 1.54) is 7.11 Å². The third kappa shape index (κ3) is 3.20. The fourth-order valence-corrected chi connectivity index (χ4v) is 4.60. The Hall–Kier alpha value is -2.67. The number of rotatable bonds is 4. The van der Waals surface area contributed by atoms with Crippen LogP contribution in [0.4, 0.5) is 0 Å². The third-order valence-electron chi connectivity index (χ3n) is 5.92. The first-order valence-corrected chi connectivity index (χ1v) is 9.57. The van der Waals surface area contributed by atoms with Crippen LogP contribution < -0.4 is 0 Å². The Kier molecular flexibility index (Phi) is 4.93. The average molecular weight is 383 g/mol. The summed E-state index contributed by atoms with van der Waals surface area (Å²) in [5.41, 5.74) is 2.87. The van der Waals surface area contributed by atoms with Gasteiger partial charge in [0, 0.05) is 24.7 Å². The maximum absolute atomic E-state index is 13.1. The molecular formula is C21H25N3O4. The maximum Gasteiger partial charge on any atom is 0.311 e. The molecule has 3 heterocycles. The van der Waals surface area contributed by atoms with Gasteiger partial charge in [-0.05, 0) is 25.8 Å². The Morgan fingerprint density at radius 1 is 1.29 bits per heavy atom. The van der Waals surface area contributed by atoms with Crippen LogP contribution in [0.25, 0.3) is 0 Å². The quantitative estimate of drug-likeness (QED) is 0.754. The minimum absolute atomic E-state index is 0.0176. The molecule has 0 N–H and O–H groups in total. The predicted octanol–water partition coefficient (Wildman–Crippen LogP) is 2.24. The van der Waals surface area contributed by atoms with Crippen molar-refractivity contribution in [3.63, 3.8) is 0 Å². The maximum atomic E-state index is 13.1. The van der Waals surface area contributed by atoms with E-state index in [1.54, 1.807) is 0 Å². The summed E-state index contributed by atoms with van der Waals surface area (Å²) in [7, 11) is 1.41. The molecule has 0 saturated carbocycles. The van der Waals surface area contributed by atoms with Crippen LogP contribution >= 0.6 is 0 Å². The van der Waals surface area contributed by atoms with Crippen molar-refractivity contribution in [1.29, 1.82) is 0 Å². The molecule has 0 radical (unpaired) electrons. The molecule has 2 aliphatic heterocycles. The number of amides is 1. The van der Waals surface area contributed by atoms with E-state index >= 15 is 0 Å². The largest absolute Gasteiger partial charge is 0.469 e. The van der Waals surface area contributed by atoms with Crippen LogP contribution in [0, 0.1) is 19.8 Å². The summed E-state index contributed by atoms with van der Waals surface area (Å²) in [6.07, 6.45) is 0.607. The van der Waals surface area contributed by atoms with E-state index in [0.29, 0.717) is 26.1 Å². The molecule has 2 aliphatic rings. The van der Waals surface area contributed by atoms with E-state index in [9.17, 15) is 9.59 Å². The second-order valence-corrected chi connectivity index (χ2v) is 7.65. The Bertz CT molecular complexity index is 860. The lowest BCUT2D eigenvalue weighted by Crippen LogP contribution is -2.54. The highest BCUT2D eigenvalue weighted by Gasteiger charge is 2.50. The van der Waals surface area contributed by atoms with Gasteiger partial charge < -0.3 is 14.2 Å². The lowest BCUT2D eigenvalue weighted by molar-refractivity contribution is -0.147. The van der Waals surface area contributed by atoms with Crippen LogP contribution in [0.5, 0.6) is 0 Å². The monoisotopic (exact) mass is 383 g/mol. The van der Waals surface area contributed by atoms with Gasteiger partial charge in [0.05, 0.1) is 31.3 Å². The lowest BCUT2D eigenvalue weighted by atomic mass is 9.93. The zero-order valence-electron chi connectivity index (χ0n) is 16.4. The first-order chi connectivity index (χ1) is 13.5. The van der Waals surface area contributed by atoms with Crippen LogP contribution in [0.3, 0.4) is 0 Å². The van der Waals surface area contributed by atoms with Gasteiger partial charge in [-0.2, -0.15) is 0 Å². The number of piperazine rings is 1. The SMILES string of the molecule is COC(=O)[C@H]1C[C@H]2CN(Cc3c(C)noc3C)CC(=O)N2[C@H]1c1ccccc1. The third-order valence-corrected chi connectivity index (χ3v) is 5.92. The number of carbonyl (C=O) groups excluding carboxylic acids is 2. The summed E-state index contributed by atoms with van der Waals surface area (Å²) in [6.45, 7) is 5.46. The van der Waals surface area contributed by atoms with Crippen molar-refractivity contribution in [3.8, 4) is 0 Å². The van der Waals surface area contributed by atoms with E-state index in [-0.39, 0.29) is 29.9 Å². The topological polar surface area (TPSA) is 75.9 Å². The summed E-state index contributed by atoms with van der Waals surface area (Å²) in [5.74, 6) is 0.227. The lowest BCUT2D eigenvalue weighted by Gasteiger charge is -2.40. The number of aryl methyl sites for hydroxylation is 2. The Balaban J connectivity index is 1.60. The van der Waals surface area contributed by atoms with E-state index in [1.807, 2.05) is 49.1 Å². The number of hydrogen-bond acceptors (Lipinski definition) is 6. The molecule has 0 unspecified atom stereocenters. The molecule has 7 nitrogen and oxygen atoms in total. The first kappa shape index (κ1) is 18.7. The normalized spacial score (nSPS) is 25.0. The van der Waals surface area contributed by atoms with Crippen LogP contribution in [-0.2, 0) is 20.9 Å². The molecule has 1 aromatic carbocycles. The van der Waals surface area contributed by atoms with Gasteiger partial charge in [-0.1, -0.05) is 35.5 Å². The molecule has 1 amide bonds. The van der Waals surface area contributed by atoms with E-state index < -0.39 is 0 Å². The number of nitrogens with zero attached hydrogens (tertiary/aromatic N) is 3. The molecule has 0 bridgehead atoms. The van der Waals surface area contributed by atoms with E-state index in [4.69, 9.17) is 9.26 Å². The number of hydrogen-bond donors (Lipinski definition) is 0. The van der Waals surface area contributed by atoms with Gasteiger partial charge in [0.2, 0.25) is 5.91 Å². The van der Waals surface area contributed by atoms with Gasteiger partial charge in [0.25, 0.3) is 0 Å². The van der Waals surface area contributed by atoms with Crippen molar-refractivity contribution in [2.45, 2.75) is 38.9 Å². The number of benzene rings is 1. The van der Waals surface area contributed by atoms with Crippen LogP contribution in [0.1, 0.15) is 35.0 Å². The molecule has 0 aliphatic carbocycles. The van der Waals surface area contributed by atoms with Crippen molar-refractivity contribution in [3.05, 3.63) is 52.9 Å². The molecule has 7 heteroatoms. The van der Waals surface area contributed by atoms with Crippen LogP contribution in [-0.4, -0.2) is 53.1 Å². The second kappa shape index (κ2) is 7.39. The van der Waals surface area contributed by atoms with Gasteiger partial charge in [-0.3, -0.25) is 14.5 Å². The number of esters is 1. The second-order valence-electron chi connectivity index (χ2n) is 7.65. The standard InChI is InChI=1S/C21H25N3O4/c1-13-18(14(2)28-22-13)11-23-10-16-9-17(21(26)27-3)20(24(16)19(25)12-23)15-7-5-4-6-8-15/h4-8,16-17,20H,9-12H2,1-3H3/t16-,17-,20-/m0/s1. The van der Waals surface area contributed by atoms with E-state index in [2.05, 4.69) is 10.1 Å². The fourth-order valence-electron chi connectivity index (χ4n) is 4.60. The van der Waals surface area contributed by atoms with Crippen LogP contribution in [0.2, 0.25) is 0 Å². The highest BCUT2D eigenvalue weighted by molar-refractivity contribution is 5.83. The van der Waals surface area contributed by atoms with E-state index in [0.717, 1.165) is 22.6 Å². The summed E-state index contributed by atoms with van der Waals surface area (Å²) in [4.78, 5) is 29.6. The highest BCUT2D eigenvalue weighted by atomic mass is 16.5. The van der Waals surface area contributed by atoms with Gasteiger partial charge >= 0.3 is 5.97 Å². The molecule has 2 saturated heterocycles. The molecular weight excluding hydrogens is 358 g/mol. The molecule has 1 aromatic heterocycles. The fraction of sp³-hybridized carbons (Fsp3) is 0.476. The summed E-state index contributed by atoms with van der Waals surface area (Å²) < 4.78 is 10.3. The number of methoxy groups -OCH3 is 1. The molecule has 2 aromatic rings. The molecule has 3 atom stereocenters. The smallest absolute Gasteiger partial charge is 0.311 e. The molecule has 4 rings (SSSR count). The van der Waals surface area contributed by atoms with Crippen molar-refractivity contribution in [2.24, 2.45) is 5.92 Å². The minimum Gasteiger partial charge on any atom is -0.469 e. The molecule has 0 spiro atoms. The molecule has 2 fully saturated rings. The average Bonchev–Trinajstić information content (AvgIpc) is 3.24. The van der Waals surface area contributed by atoms with Gasteiger partial charge in [-0.15, -0.1) is 0 Å². The van der Waals surface area contributed by atoms with Crippen molar-refractivity contribution < 1.29 is 18.8 Å². The Labute approximate surface area is 164 Å². The van der Waals surface area contributed by atoms with Crippen molar-refractivity contribution >= 4 is 11.9 Å². The number of carbonyl (C=O) groups is 2. The number of ether oxygens (including phenoxy) is 1. The summed E-state index contributed by atoms with van der Waals surface area (Å²) in [6, 6.07) is 9.49. The summed E-state index contributed by atoms with van der Waals surface area (Å²) >= 11 is 0. The molecule has 148 valence electrons. The van der Waals surface area contributed by atoms with Gasteiger partial charge in [0.15, 0.2) is 0 Å². The highest BCUT2D eigenvalue weighted by Crippen LogP contribution is 2.43. The Morgan fingerprint density at radius 3 is 2.68 bits per heavy atom. The van der Waals surface area contributed by atoms with Crippen molar-refractivity contribution in [1.82, 2.24) is 15.0 Å². The van der Waals surface area contributed by atoms with Gasteiger partial charge in [0.1, 0.15) is 5.76 Å². The van der Waals surface area contributed by atoms with Crippen molar-refractivity contribution in [2.75, 3.05) is 20.2 Å². The zero-order valence-corrected chi connectivity index (χ0v) is 16.4. The van der Waals surface area contributed by atoms with Gasteiger partial charge in [-0.25, -0.2) is 0 Å². The predicted molar refractivity (Wildman–Crippen MR) is 101 cm³/mol. The Morgan fingerprint density at radius 2 is 2.04 bits per heavy atom.